The Morgan fingerprint density at radius 2 is 2.18 bits per heavy atom. The molecule has 0 aliphatic carbocycles. The van der Waals surface area contributed by atoms with E-state index in [-0.39, 0.29) is 0 Å². The van der Waals surface area contributed by atoms with Crippen LogP contribution in [-0.4, -0.2) is 23.7 Å². The van der Waals surface area contributed by atoms with Gasteiger partial charge in [0.15, 0.2) is 23.5 Å². The zero-order valence-electron chi connectivity index (χ0n) is 5.94. The topological polar surface area (TPSA) is 75.5 Å². The highest BCUT2D eigenvalue weighted by Crippen LogP contribution is 2.11. The quantitative estimate of drug-likeness (QED) is 0.505. The van der Waals surface area contributed by atoms with Crippen LogP contribution in [0.4, 0.5) is 0 Å². The molecule has 2 heterocycles. The van der Waals surface area contributed by atoms with Crippen molar-refractivity contribution in [2.45, 2.75) is 6.92 Å². The molecule has 55 valence electrons. The number of nitrogens with two attached hydrogens (primary N) is 1. The first-order chi connectivity index (χ1) is 5.27. The van der Waals surface area contributed by atoms with Gasteiger partial charge in [-0.05, 0) is 6.92 Å². The lowest BCUT2D eigenvalue weighted by molar-refractivity contribution is 0.991. The van der Waals surface area contributed by atoms with Gasteiger partial charge in [-0.2, -0.15) is 0 Å². The summed E-state index contributed by atoms with van der Waals surface area (Å²) in [5, 5.41) is 0. The second-order valence-corrected chi connectivity index (χ2v) is 2.20. The maximum Gasteiger partial charge on any atom is 0.196 e. The maximum atomic E-state index is 5.55. The van der Waals surface area contributed by atoms with Crippen molar-refractivity contribution < 1.29 is 0 Å². The van der Waals surface area contributed by atoms with Crippen LogP contribution in [0.15, 0.2) is 20.0 Å². The number of nitrogens with zero attached hydrogens (tertiary/aromatic N) is 4. The summed E-state index contributed by atoms with van der Waals surface area (Å²) in [4.78, 5) is 15.8. The number of amidine groups is 2. The monoisotopic (exact) mass is 148 g/mol. The molecule has 0 atom stereocenters. The molecule has 5 nitrogen and oxygen atoms in total. The molecule has 11 heavy (non-hydrogen) atoms. The van der Waals surface area contributed by atoms with Crippen LogP contribution in [0.25, 0.3) is 0 Å². The Morgan fingerprint density at radius 1 is 1.36 bits per heavy atom. The summed E-state index contributed by atoms with van der Waals surface area (Å²) in [6.45, 7) is 1.77. The third kappa shape index (κ3) is 0.849. The van der Waals surface area contributed by atoms with E-state index in [1.54, 1.807) is 6.92 Å². The number of hydrogen-bond acceptors (Lipinski definition) is 5. The molecule has 0 fully saturated rings. The van der Waals surface area contributed by atoms with Crippen molar-refractivity contribution in [1.29, 1.82) is 0 Å². The Hall–Kier alpha value is -1.52. The molecule has 5 heteroatoms. The fraction of sp³-hybridized carbons (Fsp3) is 0.167. The summed E-state index contributed by atoms with van der Waals surface area (Å²) >= 11 is 0. The SMILES string of the molecule is C[C]1N=C(N)C2=NC=NC2=N1. The van der Waals surface area contributed by atoms with Crippen LogP contribution in [-0.2, 0) is 0 Å². The average Bonchev–Trinajstić information content (AvgIpc) is 2.34. The standard InChI is InChI=1S/C6H6N5/c1-3-10-5(7)4-6(11-3)9-2-8-4/h2H,1H3,(H2,7,10). The molecule has 0 saturated carbocycles. The summed E-state index contributed by atoms with van der Waals surface area (Å²) in [6, 6.07) is 0. The maximum absolute atomic E-state index is 5.55. The molecule has 2 N–H and O–H groups in total. The van der Waals surface area contributed by atoms with Gasteiger partial charge in [-0.1, -0.05) is 0 Å². The lowest BCUT2D eigenvalue weighted by atomic mass is 10.3. The van der Waals surface area contributed by atoms with Crippen molar-refractivity contribution in [3.63, 3.8) is 0 Å². The summed E-state index contributed by atoms with van der Waals surface area (Å²) in [6.07, 6.45) is 2.05. The Balaban J connectivity index is 2.46. The van der Waals surface area contributed by atoms with Crippen molar-refractivity contribution in [2.75, 3.05) is 0 Å². The van der Waals surface area contributed by atoms with Gasteiger partial charge in [-0.15, -0.1) is 0 Å². The number of aliphatic imine (C=N–C) groups is 4. The van der Waals surface area contributed by atoms with Crippen LogP contribution < -0.4 is 5.73 Å². The van der Waals surface area contributed by atoms with Crippen LogP contribution >= 0.6 is 0 Å². The molecule has 1 radical (unpaired) electrons. The van der Waals surface area contributed by atoms with E-state index in [9.17, 15) is 0 Å². The molecule has 0 aromatic carbocycles. The minimum atomic E-state index is 0.394. The highest BCUT2D eigenvalue weighted by Gasteiger charge is 2.22. The van der Waals surface area contributed by atoms with Crippen molar-refractivity contribution in [3.05, 3.63) is 6.17 Å². The Bertz CT molecular complexity index is 309. The molecule has 0 aromatic heterocycles. The minimum absolute atomic E-state index is 0.394. The first-order valence-electron chi connectivity index (χ1n) is 3.15. The van der Waals surface area contributed by atoms with E-state index in [1.165, 1.54) is 6.34 Å². The zero-order valence-corrected chi connectivity index (χ0v) is 5.94. The van der Waals surface area contributed by atoms with Gasteiger partial charge < -0.3 is 5.73 Å². The second-order valence-electron chi connectivity index (χ2n) is 2.20. The predicted molar refractivity (Wildman–Crippen MR) is 43.9 cm³/mol. The van der Waals surface area contributed by atoms with Crippen molar-refractivity contribution in [3.8, 4) is 0 Å². The molecule has 0 saturated heterocycles. The van der Waals surface area contributed by atoms with Crippen molar-refractivity contribution >= 4 is 23.7 Å². The third-order valence-corrected chi connectivity index (χ3v) is 1.37. The van der Waals surface area contributed by atoms with Gasteiger partial charge in [-0.25, -0.2) is 20.0 Å². The lowest BCUT2D eigenvalue weighted by Gasteiger charge is -2.08. The van der Waals surface area contributed by atoms with Gasteiger partial charge in [0.1, 0.15) is 6.34 Å². The van der Waals surface area contributed by atoms with Crippen molar-refractivity contribution in [2.24, 2.45) is 25.7 Å². The van der Waals surface area contributed by atoms with Gasteiger partial charge in [0, 0.05) is 0 Å². The molecule has 2 aliphatic heterocycles. The Morgan fingerprint density at radius 3 is 3.00 bits per heavy atom. The molecule has 0 bridgehead atoms. The number of fused-ring (bicyclic) bond motifs is 1. The predicted octanol–water partition coefficient (Wildman–Crippen LogP) is -0.252. The Kier molecular flexibility index (Phi) is 1.12. The van der Waals surface area contributed by atoms with Gasteiger partial charge in [-0.3, -0.25) is 0 Å². The van der Waals surface area contributed by atoms with E-state index in [0.29, 0.717) is 23.5 Å². The summed E-state index contributed by atoms with van der Waals surface area (Å²) < 4.78 is 0. The molecule has 2 rings (SSSR count). The third-order valence-electron chi connectivity index (χ3n) is 1.37. The normalized spacial score (nSPS) is 22.5. The largest absolute Gasteiger partial charge is 0.382 e. The second kappa shape index (κ2) is 1.98. The zero-order chi connectivity index (χ0) is 7.84. The molecular weight excluding hydrogens is 142 g/mol. The minimum Gasteiger partial charge on any atom is -0.382 e. The van der Waals surface area contributed by atoms with E-state index in [0.717, 1.165) is 0 Å². The van der Waals surface area contributed by atoms with E-state index in [4.69, 9.17) is 5.73 Å². The molecule has 0 amide bonds. The average molecular weight is 148 g/mol. The van der Waals surface area contributed by atoms with E-state index < -0.39 is 0 Å². The Labute approximate surface area is 63.5 Å². The fourth-order valence-electron chi connectivity index (χ4n) is 0.928. The molecule has 0 unspecified atom stereocenters. The van der Waals surface area contributed by atoms with E-state index in [2.05, 4.69) is 20.0 Å². The van der Waals surface area contributed by atoms with Crippen LogP contribution in [0.1, 0.15) is 6.92 Å². The van der Waals surface area contributed by atoms with Gasteiger partial charge in [0.2, 0.25) is 0 Å². The van der Waals surface area contributed by atoms with Crippen LogP contribution in [0.5, 0.6) is 0 Å². The smallest absolute Gasteiger partial charge is 0.196 e. The first-order valence-corrected chi connectivity index (χ1v) is 3.15. The fourth-order valence-corrected chi connectivity index (χ4v) is 0.928. The van der Waals surface area contributed by atoms with Crippen LogP contribution in [0, 0.1) is 6.17 Å². The van der Waals surface area contributed by atoms with Crippen LogP contribution in [0.3, 0.4) is 0 Å². The van der Waals surface area contributed by atoms with Crippen LogP contribution in [0.2, 0.25) is 0 Å². The van der Waals surface area contributed by atoms with Crippen molar-refractivity contribution in [1.82, 2.24) is 0 Å². The summed E-state index contributed by atoms with van der Waals surface area (Å²) in [5.74, 6) is 0.958. The summed E-state index contributed by atoms with van der Waals surface area (Å²) in [7, 11) is 0. The highest BCUT2D eigenvalue weighted by atomic mass is 15.2. The summed E-state index contributed by atoms with van der Waals surface area (Å²) in [5.41, 5.74) is 6.13. The van der Waals surface area contributed by atoms with Gasteiger partial charge in [0.25, 0.3) is 0 Å². The molecule has 0 aromatic rings. The van der Waals surface area contributed by atoms with E-state index >= 15 is 0 Å². The molecule has 2 aliphatic rings. The first kappa shape index (κ1) is 6.21. The number of hydrogen-bond donors (Lipinski definition) is 1. The van der Waals surface area contributed by atoms with Gasteiger partial charge in [0.05, 0.1) is 0 Å². The molecule has 0 spiro atoms. The van der Waals surface area contributed by atoms with Gasteiger partial charge >= 0.3 is 0 Å². The highest BCUT2D eigenvalue weighted by molar-refractivity contribution is 6.70. The number of rotatable bonds is 0. The lowest BCUT2D eigenvalue weighted by Crippen LogP contribution is -2.31. The molecular formula is C6H6N5. The van der Waals surface area contributed by atoms with E-state index in [1.807, 2.05) is 0 Å².